The van der Waals surface area contributed by atoms with Gasteiger partial charge in [0.2, 0.25) is 0 Å². The van der Waals surface area contributed by atoms with E-state index >= 15 is 0 Å². The summed E-state index contributed by atoms with van der Waals surface area (Å²) < 4.78 is 4.93. The lowest BCUT2D eigenvalue weighted by Crippen LogP contribution is -2.36. The van der Waals surface area contributed by atoms with Gasteiger partial charge in [-0.3, -0.25) is 0 Å². The molecule has 1 aromatic rings. The normalized spacial score (nSPS) is 17.2. The highest BCUT2D eigenvalue weighted by Crippen LogP contribution is 2.12. The summed E-state index contributed by atoms with van der Waals surface area (Å²) in [5.74, 6) is 0. The van der Waals surface area contributed by atoms with Gasteiger partial charge >= 0.3 is 6.09 Å². The highest BCUT2D eigenvalue weighted by molar-refractivity contribution is 7.07. The van der Waals surface area contributed by atoms with Gasteiger partial charge in [-0.2, -0.15) is 11.3 Å². The molecule has 2 heterocycles. The SMILES string of the molecule is O=C1OCCCN1Cc1ccsc1. The van der Waals surface area contributed by atoms with Crippen LogP contribution < -0.4 is 0 Å². The second-order valence-corrected chi connectivity index (χ2v) is 3.80. The van der Waals surface area contributed by atoms with Crippen LogP contribution in [-0.2, 0) is 11.3 Å². The Bertz CT molecular complexity index is 284. The Morgan fingerprint density at radius 2 is 2.54 bits per heavy atom. The van der Waals surface area contributed by atoms with Gasteiger partial charge in [0.1, 0.15) is 0 Å². The maximum atomic E-state index is 11.2. The maximum Gasteiger partial charge on any atom is 0.410 e. The number of nitrogens with zero attached hydrogens (tertiary/aromatic N) is 1. The standard InChI is InChI=1S/C9H11NO2S/c11-9-10(3-1-4-12-9)6-8-2-5-13-7-8/h2,5,7H,1,3-4,6H2. The fraction of sp³-hybridized carbons (Fsp3) is 0.444. The van der Waals surface area contributed by atoms with E-state index in [4.69, 9.17) is 4.74 Å². The number of amides is 1. The Morgan fingerprint density at radius 1 is 1.62 bits per heavy atom. The lowest BCUT2D eigenvalue weighted by Gasteiger charge is -2.25. The highest BCUT2D eigenvalue weighted by atomic mass is 32.1. The molecule has 0 radical (unpaired) electrons. The zero-order chi connectivity index (χ0) is 9.10. The van der Waals surface area contributed by atoms with Crippen molar-refractivity contribution >= 4 is 17.4 Å². The first-order valence-electron chi connectivity index (χ1n) is 4.29. The van der Waals surface area contributed by atoms with Crippen molar-refractivity contribution in [1.29, 1.82) is 0 Å². The third kappa shape index (κ3) is 2.01. The predicted molar refractivity (Wildman–Crippen MR) is 50.7 cm³/mol. The van der Waals surface area contributed by atoms with E-state index in [0.717, 1.165) is 13.0 Å². The van der Waals surface area contributed by atoms with Crippen LogP contribution in [0.3, 0.4) is 0 Å². The van der Waals surface area contributed by atoms with Crippen molar-refractivity contribution in [2.75, 3.05) is 13.2 Å². The van der Waals surface area contributed by atoms with Crippen molar-refractivity contribution < 1.29 is 9.53 Å². The minimum atomic E-state index is -0.183. The van der Waals surface area contributed by atoms with E-state index in [-0.39, 0.29) is 6.09 Å². The van der Waals surface area contributed by atoms with E-state index in [2.05, 4.69) is 5.38 Å². The van der Waals surface area contributed by atoms with Crippen LogP contribution in [0.5, 0.6) is 0 Å². The summed E-state index contributed by atoms with van der Waals surface area (Å²) >= 11 is 1.65. The minimum absolute atomic E-state index is 0.183. The molecule has 0 unspecified atom stereocenters. The molecule has 0 N–H and O–H groups in total. The van der Waals surface area contributed by atoms with Gasteiger partial charge in [0.05, 0.1) is 6.61 Å². The van der Waals surface area contributed by atoms with Crippen LogP contribution >= 0.6 is 11.3 Å². The Labute approximate surface area is 80.9 Å². The molecule has 1 aliphatic heterocycles. The van der Waals surface area contributed by atoms with Crippen molar-refractivity contribution in [2.45, 2.75) is 13.0 Å². The molecule has 1 amide bonds. The summed E-state index contributed by atoms with van der Waals surface area (Å²) in [6.07, 6.45) is 0.757. The van der Waals surface area contributed by atoms with Gasteiger partial charge in [-0.15, -0.1) is 0 Å². The zero-order valence-electron chi connectivity index (χ0n) is 7.23. The Hall–Kier alpha value is -1.03. The molecule has 0 atom stereocenters. The van der Waals surface area contributed by atoms with Gasteiger partial charge in [0.25, 0.3) is 0 Å². The summed E-state index contributed by atoms with van der Waals surface area (Å²) in [6.45, 7) is 2.07. The van der Waals surface area contributed by atoms with E-state index < -0.39 is 0 Å². The van der Waals surface area contributed by atoms with Crippen molar-refractivity contribution in [1.82, 2.24) is 4.90 Å². The number of thiophene rings is 1. The molecule has 0 aromatic carbocycles. The van der Waals surface area contributed by atoms with E-state index in [1.165, 1.54) is 5.56 Å². The molecule has 1 saturated heterocycles. The van der Waals surface area contributed by atoms with Crippen LogP contribution in [0, 0.1) is 0 Å². The van der Waals surface area contributed by atoms with Gasteiger partial charge in [0, 0.05) is 13.1 Å². The molecule has 0 bridgehead atoms. The van der Waals surface area contributed by atoms with E-state index in [1.54, 1.807) is 16.2 Å². The molecular formula is C9H11NO2S. The fourth-order valence-electron chi connectivity index (χ4n) is 1.34. The average molecular weight is 197 g/mol. The third-order valence-corrected chi connectivity index (χ3v) is 2.74. The van der Waals surface area contributed by atoms with Gasteiger partial charge in [-0.25, -0.2) is 4.79 Å². The number of rotatable bonds is 2. The quantitative estimate of drug-likeness (QED) is 0.726. The van der Waals surface area contributed by atoms with Crippen molar-refractivity contribution in [3.63, 3.8) is 0 Å². The summed E-state index contributed by atoms with van der Waals surface area (Å²) in [6, 6.07) is 2.03. The van der Waals surface area contributed by atoms with Crippen LogP contribution in [0.2, 0.25) is 0 Å². The van der Waals surface area contributed by atoms with Crippen LogP contribution in [0.15, 0.2) is 16.8 Å². The molecule has 2 rings (SSSR count). The smallest absolute Gasteiger partial charge is 0.410 e. The first-order valence-corrected chi connectivity index (χ1v) is 5.23. The van der Waals surface area contributed by atoms with E-state index in [9.17, 15) is 4.79 Å². The second kappa shape index (κ2) is 3.79. The lowest BCUT2D eigenvalue weighted by atomic mass is 10.3. The van der Waals surface area contributed by atoms with Gasteiger partial charge in [0.15, 0.2) is 0 Å². The summed E-state index contributed by atoms with van der Waals surface area (Å²) in [5, 5.41) is 4.08. The maximum absolute atomic E-state index is 11.2. The first-order chi connectivity index (χ1) is 6.36. The monoisotopic (exact) mass is 197 g/mol. The van der Waals surface area contributed by atoms with Crippen LogP contribution in [0.1, 0.15) is 12.0 Å². The molecule has 4 heteroatoms. The van der Waals surface area contributed by atoms with Crippen LogP contribution in [0.4, 0.5) is 4.79 Å². The average Bonchev–Trinajstić information content (AvgIpc) is 2.61. The third-order valence-electron chi connectivity index (χ3n) is 2.01. The van der Waals surface area contributed by atoms with Crippen molar-refractivity contribution in [3.05, 3.63) is 22.4 Å². The summed E-state index contributed by atoms with van der Waals surface area (Å²) in [7, 11) is 0. The fourth-order valence-corrected chi connectivity index (χ4v) is 2.00. The molecule has 0 aliphatic carbocycles. The molecule has 70 valence electrons. The van der Waals surface area contributed by atoms with Gasteiger partial charge < -0.3 is 9.64 Å². The zero-order valence-corrected chi connectivity index (χ0v) is 8.05. The Morgan fingerprint density at radius 3 is 3.23 bits per heavy atom. The molecule has 1 fully saturated rings. The highest BCUT2D eigenvalue weighted by Gasteiger charge is 2.19. The number of carbonyl (C=O) groups excluding carboxylic acids is 1. The number of ether oxygens (including phenoxy) is 1. The van der Waals surface area contributed by atoms with E-state index in [0.29, 0.717) is 13.2 Å². The molecule has 3 nitrogen and oxygen atoms in total. The van der Waals surface area contributed by atoms with Gasteiger partial charge in [-0.05, 0) is 28.8 Å². The largest absolute Gasteiger partial charge is 0.449 e. The number of carbonyl (C=O) groups is 1. The number of hydrogen-bond donors (Lipinski definition) is 0. The molecule has 1 aliphatic rings. The molecular weight excluding hydrogens is 186 g/mol. The molecule has 13 heavy (non-hydrogen) atoms. The first kappa shape index (κ1) is 8.56. The van der Waals surface area contributed by atoms with Crippen molar-refractivity contribution in [2.24, 2.45) is 0 Å². The molecule has 0 spiro atoms. The van der Waals surface area contributed by atoms with Gasteiger partial charge in [-0.1, -0.05) is 0 Å². The second-order valence-electron chi connectivity index (χ2n) is 3.02. The lowest BCUT2D eigenvalue weighted by molar-refractivity contribution is 0.0701. The Kier molecular flexibility index (Phi) is 2.49. The minimum Gasteiger partial charge on any atom is -0.449 e. The molecule has 0 saturated carbocycles. The van der Waals surface area contributed by atoms with Crippen LogP contribution in [-0.4, -0.2) is 24.1 Å². The number of hydrogen-bond acceptors (Lipinski definition) is 3. The predicted octanol–water partition coefficient (Wildman–Crippen LogP) is 2.09. The Balaban J connectivity index is 1.97. The summed E-state index contributed by atoms with van der Waals surface area (Å²) in [5.41, 5.74) is 1.18. The van der Waals surface area contributed by atoms with Crippen LogP contribution in [0.25, 0.3) is 0 Å². The topological polar surface area (TPSA) is 29.5 Å². The summed E-state index contributed by atoms with van der Waals surface area (Å²) in [4.78, 5) is 13.0. The number of cyclic esters (lactones) is 1. The van der Waals surface area contributed by atoms with E-state index in [1.807, 2.05) is 11.4 Å². The molecule has 1 aromatic heterocycles. The van der Waals surface area contributed by atoms with Crippen molar-refractivity contribution in [3.8, 4) is 0 Å².